The van der Waals surface area contributed by atoms with Crippen molar-refractivity contribution < 1.29 is 29.3 Å². The molecule has 1 saturated carbocycles. The van der Waals surface area contributed by atoms with Gasteiger partial charge in [0.2, 0.25) is 5.88 Å². The van der Waals surface area contributed by atoms with Gasteiger partial charge in [0.15, 0.2) is 11.6 Å². The first-order valence-electron chi connectivity index (χ1n) is 15.1. The number of aliphatic hydroxyl groups excluding tert-OH is 1. The fourth-order valence-corrected chi connectivity index (χ4v) is 6.47. The van der Waals surface area contributed by atoms with E-state index in [0.717, 1.165) is 36.8 Å². The molecule has 2 aromatic rings. The smallest absolute Gasteiger partial charge is 0.329 e. The number of carboxylic acids is 1. The van der Waals surface area contributed by atoms with Gasteiger partial charge in [-0.3, -0.25) is 4.79 Å². The number of rotatable bonds is 12. The number of unbranched alkanes of at least 4 members (excludes halogenated alkanes) is 2. The Kier molecular flexibility index (Phi) is 9.75. The molecule has 1 aliphatic carbocycles. The summed E-state index contributed by atoms with van der Waals surface area (Å²) in [5, 5.41) is 24.6. The molecule has 0 bridgehead atoms. The number of carbonyl (C=O) groups excluding carboxylic acids is 1. The van der Waals surface area contributed by atoms with Crippen molar-refractivity contribution >= 4 is 23.5 Å². The summed E-state index contributed by atoms with van der Waals surface area (Å²) in [5.74, 6) is -0.303. The molecule has 1 fully saturated rings. The molecule has 2 aliphatic heterocycles. The number of benzene rings is 1. The van der Waals surface area contributed by atoms with Crippen molar-refractivity contribution in [1.29, 1.82) is 0 Å². The Hall–Kier alpha value is -3.08. The second-order valence-electron chi connectivity index (χ2n) is 11.4. The number of aromatic nitrogens is 2. The zero-order valence-electron chi connectivity index (χ0n) is 24.4. The summed E-state index contributed by atoms with van der Waals surface area (Å²) in [7, 11) is 0. The molecule has 10 nitrogen and oxygen atoms in total. The summed E-state index contributed by atoms with van der Waals surface area (Å²) >= 11 is 6.91. The highest BCUT2D eigenvalue weighted by Crippen LogP contribution is 2.47. The van der Waals surface area contributed by atoms with E-state index in [1.165, 1.54) is 5.56 Å². The van der Waals surface area contributed by atoms with E-state index in [1.807, 2.05) is 17.0 Å². The molecule has 1 aromatic heterocycles. The Balaban J connectivity index is 1.52. The second-order valence-corrected chi connectivity index (χ2v) is 11.8. The third kappa shape index (κ3) is 6.16. The molecular formula is C31H41ClN4O6. The number of nitrogens with zero attached hydrogens (tertiary/aromatic N) is 4. The predicted molar refractivity (Wildman–Crippen MR) is 157 cm³/mol. The average Bonchev–Trinajstić information content (AvgIpc) is 3.34. The van der Waals surface area contributed by atoms with Crippen LogP contribution in [0.3, 0.4) is 0 Å². The zero-order valence-corrected chi connectivity index (χ0v) is 25.2. The number of aliphatic hydroxyl groups is 1. The van der Waals surface area contributed by atoms with Crippen LogP contribution < -0.4 is 4.74 Å². The molecule has 3 aliphatic rings. The summed E-state index contributed by atoms with van der Waals surface area (Å²) in [6, 6.07) is 7.71. The van der Waals surface area contributed by atoms with Crippen molar-refractivity contribution in [2.24, 2.45) is 0 Å². The van der Waals surface area contributed by atoms with E-state index in [1.54, 1.807) is 4.68 Å². The minimum atomic E-state index is -1.01. The van der Waals surface area contributed by atoms with Gasteiger partial charge in [-0.15, -0.1) is 0 Å². The molecule has 3 heterocycles. The average molecular weight is 601 g/mol. The molecule has 3 unspecified atom stereocenters. The Bertz CT molecular complexity index is 1320. The highest BCUT2D eigenvalue weighted by Gasteiger charge is 2.43. The van der Waals surface area contributed by atoms with E-state index in [0.29, 0.717) is 57.1 Å². The molecule has 42 heavy (non-hydrogen) atoms. The largest absolute Gasteiger partial charge is 0.480 e. The van der Waals surface area contributed by atoms with Gasteiger partial charge in [-0.25, -0.2) is 9.48 Å². The molecule has 5 rings (SSSR count). The number of hydrogen-bond acceptors (Lipinski definition) is 7. The summed E-state index contributed by atoms with van der Waals surface area (Å²) in [6.07, 6.45) is 5.78. The van der Waals surface area contributed by atoms with Crippen LogP contribution in [0.2, 0.25) is 5.02 Å². The topological polar surface area (TPSA) is 117 Å². The van der Waals surface area contributed by atoms with Gasteiger partial charge in [-0.05, 0) is 43.2 Å². The van der Waals surface area contributed by atoms with Crippen molar-refractivity contribution in [3.05, 3.63) is 57.6 Å². The van der Waals surface area contributed by atoms with E-state index < -0.39 is 5.97 Å². The van der Waals surface area contributed by atoms with Crippen molar-refractivity contribution in [3.8, 4) is 5.88 Å². The number of halogens is 1. The van der Waals surface area contributed by atoms with Crippen molar-refractivity contribution in [3.63, 3.8) is 0 Å². The standard InChI is InChI=1S/C31H41ClN4O6/c1-3-5-13-34(14-6-4-2)29(40)28-27(32)31-36(33-28)25-12-11-23(41-19-26(38)39)16-24(25)30(42-31)35-17-21-10-8-7-9-20(21)15-22(35)18-37/h7-10,22-23,25,37H,3-6,11-19H2,1-2H3,(H,38,39). The Morgan fingerprint density at radius 2 is 1.83 bits per heavy atom. The number of fused-ring (bicyclic) bond motifs is 4. The van der Waals surface area contributed by atoms with E-state index in [2.05, 4.69) is 30.9 Å². The molecule has 11 heteroatoms. The number of aliphatic carboxylic acids is 1. The summed E-state index contributed by atoms with van der Waals surface area (Å²) in [6.45, 7) is 5.57. The Morgan fingerprint density at radius 3 is 2.50 bits per heavy atom. The van der Waals surface area contributed by atoms with Gasteiger partial charge >= 0.3 is 5.97 Å². The number of hydrogen-bond donors (Lipinski definition) is 2. The maximum Gasteiger partial charge on any atom is 0.329 e. The lowest BCUT2D eigenvalue weighted by molar-refractivity contribution is -0.144. The van der Waals surface area contributed by atoms with E-state index in [-0.39, 0.29) is 48.0 Å². The lowest BCUT2D eigenvalue weighted by Gasteiger charge is -2.43. The van der Waals surface area contributed by atoms with Crippen LogP contribution in [0, 0.1) is 0 Å². The van der Waals surface area contributed by atoms with Crippen molar-refractivity contribution in [1.82, 2.24) is 19.6 Å². The molecule has 0 radical (unpaired) electrons. The first-order chi connectivity index (χ1) is 20.4. The maximum atomic E-state index is 13.8. The van der Waals surface area contributed by atoms with Gasteiger partial charge in [-0.2, -0.15) is 5.10 Å². The van der Waals surface area contributed by atoms with Crippen LogP contribution in [0.5, 0.6) is 5.88 Å². The van der Waals surface area contributed by atoms with Crippen LogP contribution in [-0.2, 0) is 22.5 Å². The van der Waals surface area contributed by atoms with Crippen LogP contribution in [0.1, 0.15) is 86.5 Å². The first kappa shape index (κ1) is 30.4. The van der Waals surface area contributed by atoms with Gasteiger partial charge < -0.3 is 29.5 Å². The molecule has 228 valence electrons. The fourth-order valence-electron chi connectivity index (χ4n) is 6.22. The summed E-state index contributed by atoms with van der Waals surface area (Å²) in [4.78, 5) is 28.9. The van der Waals surface area contributed by atoms with Crippen molar-refractivity contribution in [2.75, 3.05) is 26.3 Å². The van der Waals surface area contributed by atoms with E-state index in [9.17, 15) is 19.8 Å². The van der Waals surface area contributed by atoms with E-state index in [4.69, 9.17) is 26.2 Å². The minimum Gasteiger partial charge on any atom is -0.480 e. The highest BCUT2D eigenvalue weighted by atomic mass is 35.5. The zero-order chi connectivity index (χ0) is 29.8. The molecule has 1 amide bonds. The second kappa shape index (κ2) is 13.5. The normalized spacial score (nSPS) is 21.3. The molecule has 0 saturated heterocycles. The monoisotopic (exact) mass is 600 g/mol. The van der Waals surface area contributed by atoms with Gasteiger partial charge in [0.25, 0.3) is 5.91 Å². The van der Waals surface area contributed by atoms with Gasteiger partial charge in [0.1, 0.15) is 11.6 Å². The van der Waals surface area contributed by atoms with E-state index >= 15 is 0 Å². The SMILES string of the molecule is CCCCN(CCCC)C(=O)c1nn2c(c1Cl)OC(N1Cc3ccccc3CC1CO)=C1CC(OCC(=O)O)CCC12. The quantitative estimate of drug-likeness (QED) is 0.357. The molecule has 0 spiro atoms. The molecule has 3 atom stereocenters. The maximum absolute atomic E-state index is 13.8. The van der Waals surface area contributed by atoms with Gasteiger partial charge in [0.05, 0.1) is 24.8 Å². The molecule has 1 aromatic carbocycles. The predicted octanol–water partition coefficient (Wildman–Crippen LogP) is 4.80. The third-order valence-electron chi connectivity index (χ3n) is 8.51. The van der Waals surface area contributed by atoms with Gasteiger partial charge in [0, 0.05) is 31.6 Å². The van der Waals surface area contributed by atoms with Crippen LogP contribution in [0.25, 0.3) is 0 Å². The minimum absolute atomic E-state index is 0.0708. The number of carboxylic acid groups (broad SMARTS) is 1. The van der Waals surface area contributed by atoms with Crippen LogP contribution in [0.15, 0.2) is 35.7 Å². The van der Waals surface area contributed by atoms with Crippen LogP contribution in [0.4, 0.5) is 0 Å². The Morgan fingerprint density at radius 1 is 1.12 bits per heavy atom. The summed E-state index contributed by atoms with van der Waals surface area (Å²) in [5.41, 5.74) is 3.43. The Labute approximate surface area is 251 Å². The van der Waals surface area contributed by atoms with Crippen molar-refractivity contribution in [2.45, 2.75) is 89.9 Å². The summed E-state index contributed by atoms with van der Waals surface area (Å²) < 4.78 is 14.0. The van der Waals surface area contributed by atoms with Crippen LogP contribution in [-0.4, -0.2) is 80.1 Å². The van der Waals surface area contributed by atoms with Crippen LogP contribution >= 0.6 is 11.6 Å². The van der Waals surface area contributed by atoms with Gasteiger partial charge in [-0.1, -0.05) is 62.6 Å². The number of amides is 1. The first-order valence-corrected chi connectivity index (χ1v) is 15.5. The number of ether oxygens (including phenoxy) is 2. The molecule has 2 N–H and O–H groups in total. The number of carbonyl (C=O) groups is 2. The third-order valence-corrected chi connectivity index (χ3v) is 8.85. The lowest BCUT2D eigenvalue weighted by atomic mass is 9.86. The highest BCUT2D eigenvalue weighted by molar-refractivity contribution is 6.34. The fraction of sp³-hybridized carbons (Fsp3) is 0.581. The lowest BCUT2D eigenvalue weighted by Crippen LogP contribution is -2.46. The molecular weight excluding hydrogens is 560 g/mol.